The molecule has 10 rings (SSSR count). The molecule has 2 aromatic carbocycles. The highest BCUT2D eigenvalue weighted by Crippen LogP contribution is 2.69. The molecule has 8 atom stereocenters. The lowest BCUT2D eigenvalue weighted by molar-refractivity contribution is -0.149. The second-order valence-corrected chi connectivity index (χ2v) is 16.7. The molecule has 50 heavy (non-hydrogen) atoms. The molecule has 8 aliphatic rings. The van der Waals surface area contributed by atoms with Crippen LogP contribution in [0.4, 0.5) is 11.4 Å². The maximum absolute atomic E-state index is 14.7. The number of hydrogen-bond donors (Lipinski definition) is 4. The van der Waals surface area contributed by atoms with Crippen LogP contribution >= 0.6 is 0 Å². The highest BCUT2D eigenvalue weighted by atomic mass is 16.2. The molecule has 4 amide bonds. The molecule has 0 radical (unpaired) electrons. The second kappa shape index (κ2) is 11.2. The monoisotopic (exact) mass is 676 g/mol. The Hall–Kier alpha value is -4.08. The van der Waals surface area contributed by atoms with E-state index in [1.165, 1.54) is 38.5 Å². The van der Waals surface area contributed by atoms with Gasteiger partial charge in [0.15, 0.2) is 0 Å². The number of nitrogens with zero attached hydrogens (tertiary/aromatic N) is 2. The van der Waals surface area contributed by atoms with Crippen LogP contribution in [-0.2, 0) is 30.0 Å². The van der Waals surface area contributed by atoms with Crippen molar-refractivity contribution in [2.75, 3.05) is 10.6 Å². The number of piperazine rings is 2. The van der Waals surface area contributed by atoms with Gasteiger partial charge >= 0.3 is 0 Å². The van der Waals surface area contributed by atoms with E-state index in [1.54, 1.807) is 0 Å². The fourth-order valence-corrected chi connectivity index (χ4v) is 12.2. The van der Waals surface area contributed by atoms with Crippen LogP contribution in [0.25, 0.3) is 0 Å². The average molecular weight is 677 g/mol. The molecule has 0 spiro atoms. The van der Waals surface area contributed by atoms with Crippen LogP contribution < -0.4 is 21.3 Å². The molecule has 6 fully saturated rings. The molecular weight excluding hydrogens is 628 g/mol. The number of fused-ring (bicyclic) bond motifs is 11. The van der Waals surface area contributed by atoms with Gasteiger partial charge in [-0.15, -0.1) is 0 Å². The van der Waals surface area contributed by atoms with Crippen molar-refractivity contribution < 1.29 is 19.2 Å². The summed E-state index contributed by atoms with van der Waals surface area (Å²) in [6, 6.07) is 14.1. The molecule has 2 saturated carbocycles. The SMILES string of the molecule is O=C1N[C@@H](CC2CCCCC2)C(=O)N2[C@H]3Nc4ccccc4C3(C34C[C@H]5C(=O)N[C@@H](CC6CCCCC6)C(=O)N5[C@H]3Nc3ccccc34)C[C@@H]12. The van der Waals surface area contributed by atoms with Gasteiger partial charge in [-0.1, -0.05) is 101 Å². The third-order valence-corrected chi connectivity index (χ3v) is 14.3. The summed E-state index contributed by atoms with van der Waals surface area (Å²) in [5.41, 5.74) is 2.43. The van der Waals surface area contributed by atoms with Gasteiger partial charge in [0, 0.05) is 11.4 Å². The van der Waals surface area contributed by atoms with Crippen molar-refractivity contribution in [3.8, 4) is 0 Å². The number of anilines is 2. The van der Waals surface area contributed by atoms with Gasteiger partial charge in [0.05, 0.1) is 10.8 Å². The van der Waals surface area contributed by atoms with Crippen molar-refractivity contribution in [2.45, 2.75) is 137 Å². The molecule has 262 valence electrons. The fraction of sp³-hybridized carbons (Fsp3) is 0.600. The van der Waals surface area contributed by atoms with Crippen LogP contribution in [0, 0.1) is 11.8 Å². The maximum Gasteiger partial charge on any atom is 0.247 e. The molecule has 6 aliphatic heterocycles. The predicted octanol–water partition coefficient (Wildman–Crippen LogP) is 4.51. The van der Waals surface area contributed by atoms with Gasteiger partial charge in [-0.2, -0.15) is 0 Å². The van der Waals surface area contributed by atoms with Gasteiger partial charge in [0.25, 0.3) is 0 Å². The molecule has 10 heteroatoms. The summed E-state index contributed by atoms with van der Waals surface area (Å²) >= 11 is 0. The molecular formula is C40H48N6O4. The summed E-state index contributed by atoms with van der Waals surface area (Å²) in [6.07, 6.45) is 12.7. The van der Waals surface area contributed by atoms with E-state index >= 15 is 0 Å². The zero-order chi connectivity index (χ0) is 33.8. The highest BCUT2D eigenvalue weighted by molar-refractivity contribution is 6.01. The quantitative estimate of drug-likeness (QED) is 0.370. The van der Waals surface area contributed by atoms with Crippen LogP contribution in [0.15, 0.2) is 48.5 Å². The maximum atomic E-state index is 14.7. The fourth-order valence-electron chi connectivity index (χ4n) is 12.2. The summed E-state index contributed by atoms with van der Waals surface area (Å²) in [7, 11) is 0. The van der Waals surface area contributed by atoms with Gasteiger partial charge < -0.3 is 31.1 Å². The van der Waals surface area contributed by atoms with Crippen LogP contribution in [0.5, 0.6) is 0 Å². The van der Waals surface area contributed by atoms with E-state index in [0.29, 0.717) is 37.5 Å². The van der Waals surface area contributed by atoms with Gasteiger partial charge in [-0.25, -0.2) is 0 Å². The standard InChI is InChI=1S/C40H48N6O4/c47-33-31-21-39(25-15-7-9-17-27(25)43-37(39)45(31)35(49)29(41-33)19-23-11-3-1-4-12-23)40-22-32-34(48)42-30(20-24-13-5-2-6-14-24)36(50)46(32)38(40)44-28-18-10-8-16-26(28)40/h7-10,15-18,23-24,29-32,37-38,43-44H,1-6,11-14,19-22H2,(H,41,47)(H,42,48)/t29-,30-,31-,32-,37+,38+,39?,40?/m0/s1. The summed E-state index contributed by atoms with van der Waals surface area (Å²) in [4.78, 5) is 61.6. The molecule has 2 aromatic rings. The topological polar surface area (TPSA) is 123 Å². The van der Waals surface area contributed by atoms with Gasteiger partial charge in [-0.3, -0.25) is 19.2 Å². The van der Waals surface area contributed by atoms with Gasteiger partial charge in [0.1, 0.15) is 36.5 Å². The lowest BCUT2D eigenvalue weighted by atomic mass is 9.54. The number of hydrogen-bond acceptors (Lipinski definition) is 6. The van der Waals surface area contributed by atoms with Crippen molar-refractivity contribution in [1.82, 2.24) is 20.4 Å². The Bertz CT molecular complexity index is 1640. The minimum atomic E-state index is -0.790. The molecule has 0 aromatic heterocycles. The third kappa shape index (κ3) is 4.07. The van der Waals surface area contributed by atoms with Crippen LogP contribution in [0.2, 0.25) is 0 Å². The zero-order valence-electron chi connectivity index (χ0n) is 28.7. The Labute approximate surface area is 293 Å². The minimum absolute atomic E-state index is 0.0170. The van der Waals surface area contributed by atoms with Crippen molar-refractivity contribution in [3.05, 3.63) is 59.7 Å². The van der Waals surface area contributed by atoms with E-state index in [9.17, 15) is 19.2 Å². The predicted molar refractivity (Wildman–Crippen MR) is 188 cm³/mol. The number of carbonyl (C=O) groups excluding carboxylic acids is 4. The Morgan fingerprint density at radius 2 is 0.940 bits per heavy atom. The van der Waals surface area contributed by atoms with E-state index in [-0.39, 0.29) is 23.6 Å². The van der Waals surface area contributed by atoms with Crippen molar-refractivity contribution in [3.63, 3.8) is 0 Å². The number of carbonyl (C=O) groups is 4. The Kier molecular flexibility index (Phi) is 6.89. The molecule has 0 bridgehead atoms. The molecule has 4 saturated heterocycles. The van der Waals surface area contributed by atoms with Gasteiger partial charge in [0.2, 0.25) is 23.6 Å². The first-order valence-corrected chi connectivity index (χ1v) is 19.4. The van der Waals surface area contributed by atoms with Crippen molar-refractivity contribution >= 4 is 35.0 Å². The van der Waals surface area contributed by atoms with Crippen LogP contribution in [-0.4, -0.2) is 69.9 Å². The Morgan fingerprint density at radius 1 is 0.540 bits per heavy atom. The lowest BCUT2D eigenvalue weighted by Gasteiger charge is -2.48. The van der Waals surface area contributed by atoms with Crippen LogP contribution in [0.3, 0.4) is 0 Å². The number of para-hydroxylation sites is 2. The highest BCUT2D eigenvalue weighted by Gasteiger charge is 2.78. The summed E-state index contributed by atoms with van der Waals surface area (Å²) in [5.74, 6) is 0.640. The molecule has 2 unspecified atom stereocenters. The Morgan fingerprint density at radius 3 is 1.36 bits per heavy atom. The summed E-state index contributed by atoms with van der Waals surface area (Å²) in [6.45, 7) is 0. The smallest absolute Gasteiger partial charge is 0.247 e. The number of benzene rings is 2. The van der Waals surface area contributed by atoms with E-state index in [0.717, 1.165) is 48.2 Å². The lowest BCUT2D eigenvalue weighted by Crippen LogP contribution is -2.66. The summed E-state index contributed by atoms with van der Waals surface area (Å²) < 4.78 is 0. The molecule has 6 heterocycles. The van der Waals surface area contributed by atoms with E-state index in [2.05, 4.69) is 45.5 Å². The first-order chi connectivity index (χ1) is 24.4. The third-order valence-electron chi connectivity index (χ3n) is 14.3. The van der Waals surface area contributed by atoms with E-state index in [1.807, 2.05) is 34.1 Å². The van der Waals surface area contributed by atoms with Crippen LogP contribution in [0.1, 0.15) is 101 Å². The molecule has 4 N–H and O–H groups in total. The largest absolute Gasteiger partial charge is 0.364 e. The number of rotatable bonds is 5. The zero-order valence-corrected chi connectivity index (χ0v) is 28.7. The van der Waals surface area contributed by atoms with Crippen molar-refractivity contribution in [1.29, 1.82) is 0 Å². The summed E-state index contributed by atoms with van der Waals surface area (Å²) in [5, 5.41) is 14.0. The first kappa shape index (κ1) is 30.7. The molecule has 10 nitrogen and oxygen atoms in total. The number of nitrogens with one attached hydrogen (secondary N) is 4. The number of amides is 4. The van der Waals surface area contributed by atoms with Gasteiger partial charge in [-0.05, 0) is 60.8 Å². The normalized spacial score (nSPS) is 37.5. The van der Waals surface area contributed by atoms with Crippen molar-refractivity contribution in [2.24, 2.45) is 11.8 Å². The first-order valence-electron chi connectivity index (χ1n) is 19.4. The molecule has 2 aliphatic carbocycles. The minimum Gasteiger partial charge on any atom is -0.364 e. The van der Waals surface area contributed by atoms with E-state index < -0.39 is 47.3 Å². The Balaban J connectivity index is 1.10. The average Bonchev–Trinajstić information content (AvgIpc) is 3.85. The van der Waals surface area contributed by atoms with E-state index in [4.69, 9.17) is 0 Å². The second-order valence-electron chi connectivity index (χ2n) is 16.7.